The Kier molecular flexibility index (Phi) is 3.94. The van der Waals surface area contributed by atoms with Crippen LogP contribution in [0.25, 0.3) is 0 Å². The van der Waals surface area contributed by atoms with E-state index in [0.717, 1.165) is 29.6 Å². The average molecular weight is 455 g/mol. The predicted molar refractivity (Wildman–Crippen MR) is 134 cm³/mol. The fourth-order valence-electron chi connectivity index (χ4n) is 12.1. The van der Waals surface area contributed by atoms with Gasteiger partial charge in [0, 0.05) is 5.41 Å². The average Bonchev–Trinajstić information content (AvgIpc) is 2.79. The quantitative estimate of drug-likeness (QED) is 0.503. The molecule has 0 saturated heterocycles. The van der Waals surface area contributed by atoms with Gasteiger partial charge in [0.25, 0.3) is 0 Å². The molecule has 2 aromatic rings. The van der Waals surface area contributed by atoms with E-state index < -0.39 is 0 Å². The number of hydrogen-bond donors (Lipinski definition) is 2. The number of rotatable bonds is 3. The molecule has 0 heterocycles. The van der Waals surface area contributed by atoms with Gasteiger partial charge in [0.1, 0.15) is 11.5 Å². The first-order valence-corrected chi connectivity index (χ1v) is 14.1. The maximum atomic E-state index is 10.2. The van der Waals surface area contributed by atoms with Gasteiger partial charge in [-0.15, -0.1) is 0 Å². The van der Waals surface area contributed by atoms with E-state index >= 15 is 0 Å². The lowest BCUT2D eigenvalue weighted by atomic mass is 9.29. The molecule has 0 radical (unpaired) electrons. The van der Waals surface area contributed by atoms with Crippen LogP contribution in [0.5, 0.6) is 11.5 Å². The van der Waals surface area contributed by atoms with Gasteiger partial charge in [-0.3, -0.25) is 0 Å². The normalized spacial score (nSPS) is 47.9. The van der Waals surface area contributed by atoms with Crippen LogP contribution < -0.4 is 0 Å². The van der Waals surface area contributed by atoms with Crippen LogP contribution in [0.2, 0.25) is 0 Å². The van der Waals surface area contributed by atoms with Crippen LogP contribution >= 0.6 is 0 Å². The fraction of sp³-hybridized carbons (Fsp3) is 0.625. The van der Waals surface area contributed by atoms with Gasteiger partial charge in [-0.05, 0) is 152 Å². The lowest BCUT2D eigenvalue weighted by Gasteiger charge is -2.75. The second-order valence-corrected chi connectivity index (χ2v) is 13.9. The molecular weight excluding hydrogens is 416 g/mol. The molecule has 2 nitrogen and oxygen atoms in total. The maximum absolute atomic E-state index is 10.2. The van der Waals surface area contributed by atoms with E-state index in [2.05, 4.69) is 24.3 Å². The predicted octanol–water partition coefficient (Wildman–Crippen LogP) is 7.55. The molecule has 0 spiro atoms. The molecule has 8 aliphatic carbocycles. The van der Waals surface area contributed by atoms with E-state index in [1.165, 1.54) is 81.8 Å². The Morgan fingerprint density at radius 1 is 0.529 bits per heavy atom. The summed E-state index contributed by atoms with van der Waals surface area (Å²) in [5.41, 5.74) is 4.01. The first-order valence-electron chi connectivity index (χ1n) is 14.1. The van der Waals surface area contributed by atoms with Crippen molar-refractivity contribution in [3.8, 4) is 11.5 Å². The summed E-state index contributed by atoms with van der Waals surface area (Å²) in [6, 6.07) is 16.8. The van der Waals surface area contributed by atoms with Gasteiger partial charge in [-0.25, -0.2) is 0 Å². The molecule has 2 aromatic carbocycles. The van der Waals surface area contributed by atoms with Gasteiger partial charge in [0.2, 0.25) is 0 Å². The fourth-order valence-corrected chi connectivity index (χ4v) is 12.1. The summed E-state index contributed by atoms with van der Waals surface area (Å²) in [7, 11) is 0. The van der Waals surface area contributed by atoms with E-state index in [1.54, 1.807) is 0 Å². The van der Waals surface area contributed by atoms with E-state index in [-0.39, 0.29) is 5.41 Å². The zero-order valence-corrected chi connectivity index (χ0v) is 20.3. The van der Waals surface area contributed by atoms with Crippen LogP contribution in [0.15, 0.2) is 48.5 Å². The van der Waals surface area contributed by atoms with Crippen LogP contribution in [0.3, 0.4) is 0 Å². The van der Waals surface area contributed by atoms with Crippen LogP contribution in [-0.4, -0.2) is 10.2 Å². The highest BCUT2D eigenvalue weighted by atomic mass is 16.3. The molecule has 34 heavy (non-hydrogen) atoms. The summed E-state index contributed by atoms with van der Waals surface area (Å²) in [5.74, 6) is 5.91. The van der Waals surface area contributed by atoms with Crippen molar-refractivity contribution >= 4 is 0 Å². The monoisotopic (exact) mass is 454 g/mol. The largest absolute Gasteiger partial charge is 0.508 e. The molecule has 0 aromatic heterocycles. The van der Waals surface area contributed by atoms with Gasteiger partial charge >= 0.3 is 0 Å². The van der Waals surface area contributed by atoms with Crippen molar-refractivity contribution in [2.45, 2.75) is 82.0 Å². The van der Waals surface area contributed by atoms with Crippen molar-refractivity contribution in [2.24, 2.45) is 40.4 Å². The smallest absolute Gasteiger partial charge is 0.115 e. The molecule has 3 unspecified atom stereocenters. The minimum atomic E-state index is 0.165. The Bertz CT molecular complexity index is 1060. The van der Waals surface area contributed by atoms with Crippen molar-refractivity contribution in [3.63, 3.8) is 0 Å². The Hall–Kier alpha value is -1.96. The van der Waals surface area contributed by atoms with E-state index in [0.29, 0.717) is 28.2 Å². The third-order valence-corrected chi connectivity index (χ3v) is 12.1. The van der Waals surface area contributed by atoms with Gasteiger partial charge < -0.3 is 10.2 Å². The Balaban J connectivity index is 1.36. The van der Waals surface area contributed by atoms with E-state index in [9.17, 15) is 10.2 Å². The van der Waals surface area contributed by atoms with Gasteiger partial charge in [-0.1, -0.05) is 24.3 Å². The number of hydrogen-bond acceptors (Lipinski definition) is 2. The van der Waals surface area contributed by atoms with Crippen molar-refractivity contribution in [2.75, 3.05) is 0 Å². The van der Waals surface area contributed by atoms with Crippen molar-refractivity contribution in [1.29, 1.82) is 0 Å². The van der Waals surface area contributed by atoms with Crippen LogP contribution in [0.1, 0.15) is 87.7 Å². The highest BCUT2D eigenvalue weighted by Gasteiger charge is 2.72. The molecule has 0 amide bonds. The third-order valence-electron chi connectivity index (χ3n) is 12.1. The summed E-state index contributed by atoms with van der Waals surface area (Å²) in [6.07, 6.45) is 15.9. The molecular formula is C32H38O2. The highest BCUT2D eigenvalue weighted by Crippen LogP contribution is 2.80. The molecule has 2 N–H and O–H groups in total. The van der Waals surface area contributed by atoms with Crippen molar-refractivity contribution in [3.05, 3.63) is 59.7 Å². The second-order valence-electron chi connectivity index (χ2n) is 13.9. The van der Waals surface area contributed by atoms with Gasteiger partial charge in [0.05, 0.1) is 0 Å². The first-order chi connectivity index (χ1) is 16.5. The summed E-state index contributed by atoms with van der Waals surface area (Å²) in [4.78, 5) is 0. The van der Waals surface area contributed by atoms with Crippen LogP contribution in [-0.2, 0) is 5.41 Å². The Morgan fingerprint density at radius 2 is 1.00 bits per heavy atom. The van der Waals surface area contributed by atoms with E-state index in [1.807, 2.05) is 24.3 Å². The first kappa shape index (κ1) is 20.3. The molecule has 0 aliphatic heterocycles. The Morgan fingerprint density at radius 3 is 1.53 bits per heavy atom. The molecule has 8 bridgehead atoms. The summed E-state index contributed by atoms with van der Waals surface area (Å²) >= 11 is 0. The number of phenolic OH excluding ortho intramolecular Hbond substituents is 2. The lowest BCUT2D eigenvalue weighted by molar-refractivity contribution is -0.219. The zero-order valence-electron chi connectivity index (χ0n) is 20.3. The number of benzene rings is 2. The minimum Gasteiger partial charge on any atom is -0.508 e. The Labute approximate surface area is 203 Å². The van der Waals surface area contributed by atoms with Crippen LogP contribution in [0.4, 0.5) is 0 Å². The molecule has 178 valence electrons. The van der Waals surface area contributed by atoms with Crippen molar-refractivity contribution in [1.82, 2.24) is 0 Å². The maximum Gasteiger partial charge on any atom is 0.115 e. The molecule has 2 heteroatoms. The second kappa shape index (κ2) is 6.62. The SMILES string of the molecule is Oc1ccc(C2C3(c4ccc(O)cc4)CC4CC(C3)CC2(C23CC5CC(CC(C5)C2)C3)C4)cc1. The van der Waals surface area contributed by atoms with Crippen LogP contribution in [0, 0.1) is 40.4 Å². The molecule has 8 saturated carbocycles. The molecule has 8 aliphatic rings. The lowest BCUT2D eigenvalue weighted by Crippen LogP contribution is -2.67. The highest BCUT2D eigenvalue weighted by molar-refractivity contribution is 5.44. The summed E-state index contributed by atoms with van der Waals surface area (Å²) in [6.45, 7) is 0. The summed E-state index contributed by atoms with van der Waals surface area (Å²) < 4.78 is 0. The molecule has 10 rings (SSSR count). The molecule has 3 atom stereocenters. The third kappa shape index (κ3) is 2.53. The zero-order chi connectivity index (χ0) is 22.7. The molecule has 8 fully saturated rings. The van der Waals surface area contributed by atoms with Gasteiger partial charge in [-0.2, -0.15) is 0 Å². The summed E-state index contributed by atoms with van der Waals surface area (Å²) in [5, 5.41) is 20.3. The van der Waals surface area contributed by atoms with Gasteiger partial charge in [0.15, 0.2) is 0 Å². The number of aromatic hydroxyl groups is 2. The topological polar surface area (TPSA) is 40.5 Å². The number of phenols is 2. The minimum absolute atomic E-state index is 0.165. The van der Waals surface area contributed by atoms with E-state index in [4.69, 9.17) is 0 Å². The standard InChI is InChI=1S/C32H38O2/c33-27-5-1-25(2-6-27)29-31(26-3-7-28(34)8-4-26)16-23-12-24(17-31)19-32(29,18-23)30-13-20-9-21(14-30)11-22(10-20)15-30/h1-8,20-24,29,33-34H,9-19H2. The van der Waals surface area contributed by atoms with Crippen molar-refractivity contribution < 1.29 is 10.2 Å².